The van der Waals surface area contributed by atoms with Gasteiger partial charge in [0, 0.05) is 16.8 Å². The first-order valence-corrected chi connectivity index (χ1v) is 5.99. The predicted octanol–water partition coefficient (Wildman–Crippen LogP) is 2.10. The number of amides is 2. The molecule has 5 nitrogen and oxygen atoms in total. The number of rotatable bonds is 4. The maximum atomic E-state index is 11.9. The minimum Gasteiger partial charge on any atom is -0.480 e. The van der Waals surface area contributed by atoms with Gasteiger partial charge in [-0.25, -0.2) is 4.79 Å². The first-order chi connectivity index (χ1) is 8.56. The highest BCUT2D eigenvalue weighted by Gasteiger charge is 2.27. The van der Waals surface area contributed by atoms with Gasteiger partial charge < -0.3 is 10.4 Å². The number of aliphatic carboxylic acids is 1. The highest BCUT2D eigenvalue weighted by Crippen LogP contribution is 2.21. The third kappa shape index (κ3) is 3.37. The zero-order valence-electron chi connectivity index (χ0n) is 9.60. The van der Waals surface area contributed by atoms with Gasteiger partial charge in [0.1, 0.15) is 6.54 Å². The lowest BCUT2D eigenvalue weighted by molar-refractivity contribution is -0.135. The van der Waals surface area contributed by atoms with E-state index in [0.717, 1.165) is 12.8 Å². The van der Waals surface area contributed by atoms with Gasteiger partial charge in [0.25, 0.3) is 0 Å². The number of nitrogens with one attached hydrogen (secondary N) is 1. The van der Waals surface area contributed by atoms with E-state index in [-0.39, 0.29) is 18.6 Å². The molecule has 0 aliphatic heterocycles. The van der Waals surface area contributed by atoms with Crippen LogP contribution in [-0.2, 0) is 4.79 Å². The zero-order chi connectivity index (χ0) is 13.1. The van der Waals surface area contributed by atoms with Crippen LogP contribution in [0, 0.1) is 0 Å². The molecular weight excluding hydrogens is 256 g/mol. The fourth-order valence-electron chi connectivity index (χ4n) is 1.52. The molecule has 0 radical (unpaired) electrons. The number of urea groups is 1. The number of carbonyl (C=O) groups is 2. The van der Waals surface area contributed by atoms with Gasteiger partial charge in [0.2, 0.25) is 0 Å². The summed E-state index contributed by atoms with van der Waals surface area (Å²) < 4.78 is 0. The molecule has 0 spiro atoms. The van der Waals surface area contributed by atoms with E-state index < -0.39 is 5.97 Å². The lowest BCUT2D eigenvalue weighted by atomic mass is 10.3. The maximum Gasteiger partial charge on any atom is 0.323 e. The largest absolute Gasteiger partial charge is 0.480 e. The van der Waals surface area contributed by atoms with Crippen molar-refractivity contribution < 1.29 is 14.7 Å². The molecule has 1 saturated carbocycles. The number of carbonyl (C=O) groups excluding carboxylic acids is 1. The van der Waals surface area contributed by atoms with E-state index in [2.05, 4.69) is 5.32 Å². The Labute approximate surface area is 109 Å². The van der Waals surface area contributed by atoms with Gasteiger partial charge in [-0.2, -0.15) is 0 Å². The van der Waals surface area contributed by atoms with Crippen molar-refractivity contribution in [3.8, 4) is 0 Å². The topological polar surface area (TPSA) is 69.6 Å². The molecule has 1 aromatic rings. The summed E-state index contributed by atoms with van der Waals surface area (Å²) in [6.07, 6.45) is 1.90. The van der Waals surface area contributed by atoms with Crippen LogP contribution in [0.2, 0.25) is 5.02 Å². The van der Waals surface area contributed by atoms with Crippen LogP contribution in [0.1, 0.15) is 12.8 Å². The van der Waals surface area contributed by atoms with Gasteiger partial charge in [-0.1, -0.05) is 11.6 Å². The molecule has 1 aromatic carbocycles. The zero-order valence-corrected chi connectivity index (χ0v) is 10.4. The van der Waals surface area contributed by atoms with Gasteiger partial charge in [0.05, 0.1) is 0 Å². The summed E-state index contributed by atoms with van der Waals surface area (Å²) in [6.45, 7) is -0.375. The van der Waals surface area contributed by atoms with E-state index in [1.54, 1.807) is 24.3 Å². The second kappa shape index (κ2) is 5.27. The van der Waals surface area contributed by atoms with E-state index in [4.69, 9.17) is 16.7 Å². The molecule has 18 heavy (non-hydrogen) atoms. The minimum atomic E-state index is -1.06. The fourth-order valence-corrected chi connectivity index (χ4v) is 1.64. The predicted molar refractivity (Wildman–Crippen MR) is 68.0 cm³/mol. The van der Waals surface area contributed by atoms with Gasteiger partial charge in [-0.05, 0) is 37.1 Å². The van der Waals surface area contributed by atoms with Crippen molar-refractivity contribution in [1.82, 2.24) is 5.32 Å². The minimum absolute atomic E-state index is 0.182. The molecule has 1 aliphatic carbocycles. The third-order valence-electron chi connectivity index (χ3n) is 2.58. The Morgan fingerprint density at radius 3 is 2.44 bits per heavy atom. The van der Waals surface area contributed by atoms with Crippen LogP contribution in [0.5, 0.6) is 0 Å². The number of halogens is 1. The number of anilines is 1. The fraction of sp³-hybridized carbons (Fsp3) is 0.333. The summed E-state index contributed by atoms with van der Waals surface area (Å²) in [4.78, 5) is 23.9. The molecule has 0 heterocycles. The second-order valence-corrected chi connectivity index (χ2v) is 4.62. The summed E-state index contributed by atoms with van der Waals surface area (Å²) in [5.41, 5.74) is 0.514. The third-order valence-corrected chi connectivity index (χ3v) is 2.83. The van der Waals surface area contributed by atoms with Crippen LogP contribution in [0.15, 0.2) is 24.3 Å². The number of carboxylic acids is 1. The Hall–Kier alpha value is -1.75. The Bertz CT molecular complexity index is 457. The number of nitrogens with zero attached hydrogens (tertiary/aromatic N) is 1. The molecule has 0 saturated heterocycles. The van der Waals surface area contributed by atoms with Crippen molar-refractivity contribution in [3.05, 3.63) is 29.3 Å². The summed E-state index contributed by atoms with van der Waals surface area (Å²) in [5, 5.41) is 12.2. The molecule has 1 fully saturated rings. The van der Waals surface area contributed by atoms with Gasteiger partial charge in [-0.15, -0.1) is 0 Å². The first-order valence-electron chi connectivity index (χ1n) is 5.61. The maximum absolute atomic E-state index is 11.9. The van der Waals surface area contributed by atoms with Crippen molar-refractivity contribution in [1.29, 1.82) is 0 Å². The molecule has 96 valence electrons. The standard InChI is InChI=1S/C12H13ClN2O3/c13-8-1-5-10(6-2-8)15(7-11(16)17)12(18)14-9-3-4-9/h1-2,5-6,9H,3-4,7H2,(H,14,18)(H,16,17). The number of hydrogen-bond acceptors (Lipinski definition) is 2. The van der Waals surface area contributed by atoms with Crippen molar-refractivity contribution in [2.75, 3.05) is 11.4 Å². The average molecular weight is 269 g/mol. The van der Waals surface area contributed by atoms with E-state index in [0.29, 0.717) is 10.7 Å². The Balaban J connectivity index is 2.14. The summed E-state index contributed by atoms with van der Waals surface area (Å²) >= 11 is 5.76. The van der Waals surface area contributed by atoms with E-state index in [9.17, 15) is 9.59 Å². The van der Waals surface area contributed by atoms with Crippen molar-refractivity contribution in [3.63, 3.8) is 0 Å². The van der Waals surface area contributed by atoms with Crippen LogP contribution in [0.4, 0.5) is 10.5 Å². The molecule has 0 atom stereocenters. The van der Waals surface area contributed by atoms with E-state index >= 15 is 0 Å². The van der Waals surface area contributed by atoms with Crippen LogP contribution in [0.25, 0.3) is 0 Å². The summed E-state index contributed by atoms with van der Waals surface area (Å²) in [7, 11) is 0. The van der Waals surface area contributed by atoms with Crippen molar-refractivity contribution in [2.45, 2.75) is 18.9 Å². The Morgan fingerprint density at radius 2 is 1.94 bits per heavy atom. The number of hydrogen-bond donors (Lipinski definition) is 2. The first kappa shape index (κ1) is 12.7. The smallest absolute Gasteiger partial charge is 0.323 e. The van der Waals surface area contributed by atoms with Gasteiger partial charge in [0.15, 0.2) is 0 Å². The normalized spacial score (nSPS) is 14.1. The SMILES string of the molecule is O=C(O)CN(C(=O)NC1CC1)c1ccc(Cl)cc1. The monoisotopic (exact) mass is 268 g/mol. The Morgan fingerprint density at radius 1 is 1.33 bits per heavy atom. The molecular formula is C12H13ClN2O3. The van der Waals surface area contributed by atoms with Crippen molar-refractivity contribution >= 4 is 29.3 Å². The highest BCUT2D eigenvalue weighted by molar-refractivity contribution is 6.30. The number of benzene rings is 1. The summed E-state index contributed by atoms with van der Waals surface area (Å²) in [6, 6.07) is 6.28. The van der Waals surface area contributed by atoms with Crippen LogP contribution < -0.4 is 10.2 Å². The van der Waals surface area contributed by atoms with Crippen molar-refractivity contribution in [2.24, 2.45) is 0 Å². The van der Waals surface area contributed by atoms with E-state index in [1.807, 2.05) is 0 Å². The average Bonchev–Trinajstić information content (AvgIpc) is 3.11. The summed E-state index contributed by atoms with van der Waals surface area (Å²) in [5.74, 6) is -1.06. The molecule has 1 aliphatic rings. The molecule has 2 N–H and O–H groups in total. The van der Waals surface area contributed by atoms with Crippen LogP contribution in [0.3, 0.4) is 0 Å². The molecule has 2 rings (SSSR count). The molecule has 2 amide bonds. The number of carboxylic acid groups (broad SMARTS) is 1. The molecule has 0 bridgehead atoms. The van der Waals surface area contributed by atoms with E-state index in [1.165, 1.54) is 4.90 Å². The second-order valence-electron chi connectivity index (χ2n) is 4.18. The van der Waals surface area contributed by atoms with Crippen LogP contribution >= 0.6 is 11.6 Å². The molecule has 0 unspecified atom stereocenters. The quantitative estimate of drug-likeness (QED) is 0.879. The van der Waals surface area contributed by atoms with Gasteiger partial charge >= 0.3 is 12.0 Å². The lowest BCUT2D eigenvalue weighted by Crippen LogP contribution is -2.43. The molecule has 6 heteroatoms. The van der Waals surface area contributed by atoms with Gasteiger partial charge in [-0.3, -0.25) is 9.69 Å². The van der Waals surface area contributed by atoms with Crippen LogP contribution in [-0.4, -0.2) is 29.7 Å². The lowest BCUT2D eigenvalue weighted by Gasteiger charge is -2.21. The highest BCUT2D eigenvalue weighted by atomic mass is 35.5. The Kier molecular flexibility index (Phi) is 3.72. The molecule has 0 aromatic heterocycles.